The number of sulfonamides is 1. The molecule has 104 valence electrons. The molecule has 0 rings (SSSR count). The fraction of sp³-hybridized carbons (Fsp3) is 1.00. The average Bonchev–Trinajstić information content (AvgIpc) is 2.08. The second kappa shape index (κ2) is 5.66. The highest BCUT2D eigenvalue weighted by molar-refractivity contribution is 7.90. The Kier molecular flexibility index (Phi) is 5.61. The third-order valence-corrected chi connectivity index (χ3v) is 4.45. The topological polar surface area (TPSA) is 94.9 Å². The van der Waals surface area contributed by atoms with Crippen molar-refractivity contribution < 1.29 is 35.9 Å². The molecule has 0 fully saturated rings. The van der Waals surface area contributed by atoms with Crippen molar-refractivity contribution in [3.8, 4) is 0 Å². The molecule has 0 aromatic heterocycles. The molecule has 0 aromatic carbocycles. The van der Waals surface area contributed by atoms with Gasteiger partial charge in [-0.3, -0.25) is 4.57 Å². The molecule has 0 unspecified atom stereocenters. The van der Waals surface area contributed by atoms with E-state index in [4.69, 9.17) is 9.79 Å². The molecule has 17 heavy (non-hydrogen) atoms. The summed E-state index contributed by atoms with van der Waals surface area (Å²) in [6.07, 6.45) is -0.996. The van der Waals surface area contributed by atoms with Crippen molar-refractivity contribution in [2.75, 3.05) is 19.3 Å². The van der Waals surface area contributed by atoms with Gasteiger partial charge in [0.1, 0.15) is 0 Å². The lowest BCUT2D eigenvalue weighted by molar-refractivity contribution is -0.0487. The lowest BCUT2D eigenvalue weighted by Gasteiger charge is -2.21. The molecule has 0 aromatic rings. The van der Waals surface area contributed by atoms with Crippen molar-refractivity contribution in [1.29, 1.82) is 0 Å². The van der Waals surface area contributed by atoms with Crippen LogP contribution in [0.3, 0.4) is 0 Å². The van der Waals surface area contributed by atoms with E-state index in [0.29, 0.717) is 0 Å². The number of nitrogens with zero attached hydrogens (tertiary/aromatic N) is 1. The predicted octanol–water partition coefficient (Wildman–Crippen LogP) is 0.726. The summed E-state index contributed by atoms with van der Waals surface area (Å²) in [5.41, 5.74) is -5.40. The number of hydrogen-bond acceptors (Lipinski definition) is 3. The van der Waals surface area contributed by atoms with Crippen LogP contribution in [0.25, 0.3) is 0 Å². The van der Waals surface area contributed by atoms with Crippen molar-refractivity contribution >= 4 is 17.6 Å². The molecule has 0 atom stereocenters. The van der Waals surface area contributed by atoms with Gasteiger partial charge in [0.2, 0.25) is 0 Å². The van der Waals surface area contributed by atoms with E-state index in [1.54, 1.807) is 0 Å². The van der Waals surface area contributed by atoms with E-state index in [9.17, 15) is 26.2 Å². The van der Waals surface area contributed by atoms with E-state index >= 15 is 0 Å². The molecule has 0 aliphatic heterocycles. The van der Waals surface area contributed by atoms with E-state index in [1.165, 1.54) is 6.92 Å². The molecule has 0 amide bonds. The minimum Gasteiger partial charge on any atom is -0.324 e. The molecule has 0 bridgehead atoms. The van der Waals surface area contributed by atoms with E-state index in [2.05, 4.69) is 0 Å². The van der Waals surface area contributed by atoms with Gasteiger partial charge in [-0.15, -0.1) is 0 Å². The van der Waals surface area contributed by atoms with Crippen LogP contribution in [0.5, 0.6) is 0 Å². The Balaban J connectivity index is 4.62. The van der Waals surface area contributed by atoms with Crippen LogP contribution in [0.1, 0.15) is 13.3 Å². The molecule has 0 heterocycles. The average molecular weight is 299 g/mol. The van der Waals surface area contributed by atoms with Crippen molar-refractivity contribution in [1.82, 2.24) is 4.31 Å². The van der Waals surface area contributed by atoms with Crippen LogP contribution in [-0.4, -0.2) is 47.3 Å². The predicted molar refractivity (Wildman–Crippen MR) is 53.7 cm³/mol. The third kappa shape index (κ3) is 5.35. The zero-order valence-corrected chi connectivity index (χ0v) is 10.6. The maximum atomic E-state index is 12.1. The van der Waals surface area contributed by atoms with E-state index in [-0.39, 0.29) is 10.7 Å². The normalized spacial score (nSPS) is 14.3. The summed E-state index contributed by atoms with van der Waals surface area (Å²) in [5, 5.41) is 0. The molecule has 6 nitrogen and oxygen atoms in total. The van der Waals surface area contributed by atoms with Crippen LogP contribution in [0.15, 0.2) is 0 Å². The zero-order chi connectivity index (χ0) is 13.9. The Morgan fingerprint density at radius 3 is 2.06 bits per heavy atom. The molecule has 0 saturated heterocycles. The first kappa shape index (κ1) is 16.9. The van der Waals surface area contributed by atoms with Crippen LogP contribution in [0, 0.1) is 0 Å². The van der Waals surface area contributed by atoms with Gasteiger partial charge in [-0.25, -0.2) is 8.42 Å². The van der Waals surface area contributed by atoms with Crippen molar-refractivity contribution in [3.63, 3.8) is 0 Å². The highest BCUT2D eigenvalue weighted by atomic mass is 32.2. The standard InChI is InChI=1S/C6H13F3NO5PS/c1-2-10(4-3-5-16(11,12)13)17(14,15)6(7,8)9/h2-5H2,1H3,(H2,11,12,13). The summed E-state index contributed by atoms with van der Waals surface area (Å²) in [6.45, 7) is 0.216. The Morgan fingerprint density at radius 1 is 1.29 bits per heavy atom. The summed E-state index contributed by atoms with van der Waals surface area (Å²) in [5.74, 6) is 0. The Labute approximate surface area is 96.6 Å². The van der Waals surface area contributed by atoms with Crippen LogP contribution < -0.4 is 0 Å². The largest absolute Gasteiger partial charge is 0.511 e. The van der Waals surface area contributed by atoms with Gasteiger partial charge in [0.15, 0.2) is 0 Å². The van der Waals surface area contributed by atoms with Gasteiger partial charge in [-0.05, 0) is 6.42 Å². The summed E-state index contributed by atoms with van der Waals surface area (Å²) in [6, 6.07) is 0. The van der Waals surface area contributed by atoms with Crippen LogP contribution in [-0.2, 0) is 14.6 Å². The van der Waals surface area contributed by atoms with Crippen molar-refractivity contribution in [2.45, 2.75) is 18.9 Å². The van der Waals surface area contributed by atoms with E-state index < -0.39 is 42.4 Å². The van der Waals surface area contributed by atoms with E-state index in [0.717, 1.165) is 0 Å². The lowest BCUT2D eigenvalue weighted by Crippen LogP contribution is -2.41. The van der Waals surface area contributed by atoms with Crippen LogP contribution in [0.2, 0.25) is 0 Å². The fourth-order valence-electron chi connectivity index (χ4n) is 1.05. The minimum atomic E-state index is -5.43. The number of halogens is 3. The Bertz CT molecular complexity index is 389. The van der Waals surface area contributed by atoms with Gasteiger partial charge in [0.25, 0.3) is 0 Å². The monoisotopic (exact) mass is 299 g/mol. The highest BCUT2D eigenvalue weighted by Crippen LogP contribution is 2.35. The summed E-state index contributed by atoms with van der Waals surface area (Å²) >= 11 is 0. The third-order valence-electron chi connectivity index (χ3n) is 1.84. The summed E-state index contributed by atoms with van der Waals surface area (Å²) in [7, 11) is -9.75. The fourth-order valence-corrected chi connectivity index (χ4v) is 2.60. The second-order valence-corrected chi connectivity index (χ2v) is 6.89. The van der Waals surface area contributed by atoms with Crippen LogP contribution in [0.4, 0.5) is 13.2 Å². The van der Waals surface area contributed by atoms with Gasteiger partial charge in [-0.2, -0.15) is 17.5 Å². The quantitative estimate of drug-likeness (QED) is 0.705. The maximum Gasteiger partial charge on any atom is 0.511 e. The van der Waals surface area contributed by atoms with Gasteiger partial charge >= 0.3 is 23.1 Å². The minimum absolute atomic E-state index is 0.142. The zero-order valence-electron chi connectivity index (χ0n) is 8.88. The number of hydrogen-bond donors (Lipinski definition) is 2. The molecule has 0 spiro atoms. The van der Waals surface area contributed by atoms with Gasteiger partial charge in [0, 0.05) is 13.1 Å². The van der Waals surface area contributed by atoms with Crippen LogP contribution >= 0.6 is 7.60 Å². The molecule has 0 aliphatic carbocycles. The van der Waals surface area contributed by atoms with E-state index in [1.807, 2.05) is 0 Å². The first-order chi connectivity index (χ1) is 7.42. The van der Waals surface area contributed by atoms with Gasteiger partial charge in [-0.1, -0.05) is 6.92 Å². The first-order valence-corrected chi connectivity index (χ1v) is 7.76. The number of rotatable bonds is 6. The van der Waals surface area contributed by atoms with Crippen molar-refractivity contribution in [2.24, 2.45) is 0 Å². The lowest BCUT2D eigenvalue weighted by atomic mass is 10.5. The molecule has 0 saturated carbocycles. The number of alkyl halides is 3. The Hall–Kier alpha value is -0.150. The molecular formula is C6H13F3NO5PS. The maximum absolute atomic E-state index is 12.1. The molecule has 11 heteroatoms. The molecule has 2 N–H and O–H groups in total. The smallest absolute Gasteiger partial charge is 0.324 e. The van der Waals surface area contributed by atoms with Gasteiger partial charge in [0.05, 0.1) is 6.16 Å². The summed E-state index contributed by atoms with van der Waals surface area (Å²) < 4.78 is 68.9. The molecule has 0 aliphatic rings. The molecule has 0 radical (unpaired) electrons. The highest BCUT2D eigenvalue weighted by Gasteiger charge is 2.49. The SMILES string of the molecule is CCN(CCCP(=O)(O)O)S(=O)(=O)C(F)(F)F. The second-order valence-electron chi connectivity index (χ2n) is 3.18. The van der Waals surface area contributed by atoms with Crippen molar-refractivity contribution in [3.05, 3.63) is 0 Å². The van der Waals surface area contributed by atoms with Gasteiger partial charge < -0.3 is 9.79 Å². The summed E-state index contributed by atoms with van der Waals surface area (Å²) in [4.78, 5) is 17.0. The molecular weight excluding hydrogens is 286 g/mol. The Morgan fingerprint density at radius 2 is 1.76 bits per heavy atom. The first-order valence-electron chi connectivity index (χ1n) is 4.53.